The fourth-order valence-corrected chi connectivity index (χ4v) is 2.89. The van der Waals surface area contributed by atoms with Crippen molar-refractivity contribution in [3.05, 3.63) is 29.6 Å². The number of nitrogens with one attached hydrogen (secondary N) is 3. The van der Waals surface area contributed by atoms with Crippen LogP contribution in [0, 0.1) is 17.5 Å². The van der Waals surface area contributed by atoms with Crippen LogP contribution in [0.2, 0.25) is 0 Å². The summed E-state index contributed by atoms with van der Waals surface area (Å²) in [6.45, 7) is 10.0. The molecule has 1 aliphatic heterocycles. The smallest absolute Gasteiger partial charge is 0.246 e. The van der Waals surface area contributed by atoms with Crippen LogP contribution in [0.5, 0.6) is 0 Å². The lowest BCUT2D eigenvalue weighted by Gasteiger charge is -2.41. The molecule has 1 heterocycles. The molecule has 0 saturated carbocycles. The van der Waals surface area contributed by atoms with Crippen molar-refractivity contribution in [1.29, 1.82) is 0 Å². The van der Waals surface area contributed by atoms with Crippen LogP contribution in [-0.2, 0) is 9.53 Å². The molecule has 0 radical (unpaired) electrons. The summed E-state index contributed by atoms with van der Waals surface area (Å²) in [7, 11) is 0. The number of hydrogen-bond donors (Lipinski definition) is 3. The van der Waals surface area contributed by atoms with Crippen molar-refractivity contribution in [3.63, 3.8) is 0 Å². The number of halogens is 3. The molecule has 0 spiro atoms. The van der Waals surface area contributed by atoms with E-state index >= 15 is 0 Å². The summed E-state index contributed by atoms with van der Waals surface area (Å²) in [5.41, 5.74) is -0.590. The molecule has 1 aromatic carbocycles. The van der Waals surface area contributed by atoms with E-state index in [0.29, 0.717) is 32.3 Å². The number of carbonyl (C=O) groups excluding carboxylic acids is 1. The van der Waals surface area contributed by atoms with E-state index in [-0.39, 0.29) is 12.1 Å². The van der Waals surface area contributed by atoms with Crippen molar-refractivity contribution in [1.82, 2.24) is 15.5 Å². The molecule has 0 unspecified atom stereocenters. The first-order chi connectivity index (χ1) is 13.7. The van der Waals surface area contributed by atoms with Crippen LogP contribution in [0.1, 0.15) is 20.8 Å². The van der Waals surface area contributed by atoms with Crippen LogP contribution in [0.25, 0.3) is 0 Å². The molecule has 1 fully saturated rings. The average molecular weight is 415 g/mol. The van der Waals surface area contributed by atoms with Crippen LogP contribution in [-0.4, -0.2) is 68.2 Å². The Labute approximate surface area is 168 Å². The van der Waals surface area contributed by atoms with Gasteiger partial charge in [-0.05, 0) is 32.9 Å². The van der Waals surface area contributed by atoms with E-state index in [1.165, 1.54) is 0 Å². The van der Waals surface area contributed by atoms with Crippen LogP contribution in [0.3, 0.4) is 0 Å². The van der Waals surface area contributed by atoms with Crippen molar-refractivity contribution in [2.45, 2.75) is 26.3 Å². The molecule has 0 aromatic heterocycles. The zero-order chi connectivity index (χ0) is 21.4. The third-order valence-corrected chi connectivity index (χ3v) is 4.59. The third kappa shape index (κ3) is 6.60. The molecule has 1 aliphatic rings. The van der Waals surface area contributed by atoms with Crippen molar-refractivity contribution in [3.8, 4) is 0 Å². The number of guanidine groups is 1. The maximum absolute atomic E-state index is 13.7. The lowest BCUT2D eigenvalue weighted by atomic mass is 10.0. The second-order valence-electron chi connectivity index (χ2n) is 7.23. The normalized spacial score (nSPS) is 15.9. The molecule has 7 nitrogen and oxygen atoms in total. The van der Waals surface area contributed by atoms with Gasteiger partial charge in [0.15, 0.2) is 23.4 Å². The molecule has 1 amide bonds. The number of carbonyl (C=O) groups is 1. The minimum atomic E-state index is -1.63. The first-order valence-corrected chi connectivity index (χ1v) is 9.53. The Kier molecular flexibility index (Phi) is 8.27. The Morgan fingerprint density at radius 1 is 1.17 bits per heavy atom. The van der Waals surface area contributed by atoms with Crippen molar-refractivity contribution in [2.75, 3.05) is 51.3 Å². The minimum Gasteiger partial charge on any atom is -0.379 e. The quantitative estimate of drug-likeness (QED) is 0.359. The van der Waals surface area contributed by atoms with E-state index < -0.39 is 29.0 Å². The van der Waals surface area contributed by atoms with Gasteiger partial charge in [-0.2, -0.15) is 0 Å². The highest BCUT2D eigenvalue weighted by atomic mass is 19.2. The Balaban J connectivity index is 1.94. The van der Waals surface area contributed by atoms with Gasteiger partial charge in [0, 0.05) is 31.7 Å². The Bertz CT molecular complexity index is 737. The zero-order valence-electron chi connectivity index (χ0n) is 16.9. The highest BCUT2D eigenvalue weighted by Crippen LogP contribution is 2.19. The zero-order valence-corrected chi connectivity index (χ0v) is 16.9. The van der Waals surface area contributed by atoms with Gasteiger partial charge in [-0.15, -0.1) is 0 Å². The molecule has 162 valence electrons. The molecule has 29 heavy (non-hydrogen) atoms. The number of morpholine rings is 1. The number of anilines is 1. The standard InChI is InChI=1S/C19H28F3N5O2/c1-4-23-18(25-12-19(2,3)27-7-9-29-10-8-27)24-11-15(28)26-14-6-5-13(20)16(21)17(14)22/h5-6H,4,7-12H2,1-3H3,(H,26,28)(H2,23,24,25). The van der Waals surface area contributed by atoms with E-state index in [2.05, 4.69) is 39.7 Å². The SMILES string of the molecule is CCNC(=NCC(=O)Nc1ccc(F)c(F)c1F)NCC(C)(C)N1CCOCC1. The van der Waals surface area contributed by atoms with Gasteiger partial charge in [0.25, 0.3) is 0 Å². The number of aliphatic imine (C=N–C) groups is 1. The van der Waals surface area contributed by atoms with Crippen LogP contribution in [0.4, 0.5) is 18.9 Å². The predicted octanol–water partition coefficient (Wildman–Crippen LogP) is 1.71. The maximum atomic E-state index is 13.7. The van der Waals surface area contributed by atoms with Crippen molar-refractivity contribution in [2.24, 2.45) is 4.99 Å². The second-order valence-corrected chi connectivity index (χ2v) is 7.23. The van der Waals surface area contributed by atoms with Crippen LogP contribution in [0.15, 0.2) is 17.1 Å². The molecular formula is C19H28F3N5O2. The summed E-state index contributed by atoms with van der Waals surface area (Å²) in [4.78, 5) is 18.5. The maximum Gasteiger partial charge on any atom is 0.246 e. The summed E-state index contributed by atoms with van der Waals surface area (Å²) in [5, 5.41) is 8.43. The number of ether oxygens (including phenoxy) is 1. The number of nitrogens with zero attached hydrogens (tertiary/aromatic N) is 2. The van der Waals surface area contributed by atoms with E-state index in [4.69, 9.17) is 4.74 Å². The molecule has 1 aromatic rings. The number of rotatable bonds is 7. The first-order valence-electron chi connectivity index (χ1n) is 9.53. The van der Waals surface area contributed by atoms with Crippen LogP contribution >= 0.6 is 0 Å². The first kappa shape index (κ1) is 23.0. The number of amides is 1. The Morgan fingerprint density at radius 2 is 1.86 bits per heavy atom. The van der Waals surface area contributed by atoms with Gasteiger partial charge >= 0.3 is 0 Å². The molecule has 0 bridgehead atoms. The van der Waals surface area contributed by atoms with Gasteiger partial charge in [-0.1, -0.05) is 0 Å². The third-order valence-electron chi connectivity index (χ3n) is 4.59. The predicted molar refractivity (Wildman–Crippen MR) is 105 cm³/mol. The topological polar surface area (TPSA) is 78.0 Å². The highest BCUT2D eigenvalue weighted by Gasteiger charge is 2.28. The highest BCUT2D eigenvalue weighted by molar-refractivity contribution is 5.94. The van der Waals surface area contributed by atoms with Gasteiger partial charge < -0.3 is 20.7 Å². The Hall–Kier alpha value is -2.33. The molecule has 0 atom stereocenters. The van der Waals surface area contributed by atoms with E-state index in [9.17, 15) is 18.0 Å². The summed E-state index contributed by atoms with van der Waals surface area (Å²) in [5.74, 6) is -4.62. The monoisotopic (exact) mass is 415 g/mol. The fraction of sp³-hybridized carbons (Fsp3) is 0.579. The lowest BCUT2D eigenvalue weighted by Crippen LogP contribution is -2.56. The molecule has 1 saturated heterocycles. The average Bonchev–Trinajstić information content (AvgIpc) is 2.71. The van der Waals surface area contributed by atoms with Crippen LogP contribution < -0.4 is 16.0 Å². The van der Waals surface area contributed by atoms with Crippen molar-refractivity contribution < 1.29 is 22.7 Å². The lowest BCUT2D eigenvalue weighted by molar-refractivity contribution is -0.114. The molecule has 2 rings (SSSR count). The van der Waals surface area contributed by atoms with Gasteiger partial charge in [0.2, 0.25) is 5.91 Å². The van der Waals surface area contributed by atoms with E-state index in [1.54, 1.807) is 0 Å². The summed E-state index contributed by atoms with van der Waals surface area (Å²) >= 11 is 0. The largest absolute Gasteiger partial charge is 0.379 e. The molecule has 10 heteroatoms. The second kappa shape index (κ2) is 10.4. The van der Waals surface area contributed by atoms with E-state index in [0.717, 1.165) is 25.2 Å². The van der Waals surface area contributed by atoms with Gasteiger partial charge in [0.1, 0.15) is 6.54 Å². The fourth-order valence-electron chi connectivity index (χ4n) is 2.89. The van der Waals surface area contributed by atoms with Gasteiger partial charge in [-0.25, -0.2) is 18.2 Å². The molecule has 0 aliphatic carbocycles. The Morgan fingerprint density at radius 3 is 2.52 bits per heavy atom. The van der Waals surface area contributed by atoms with Crippen molar-refractivity contribution >= 4 is 17.6 Å². The van der Waals surface area contributed by atoms with E-state index in [1.807, 2.05) is 6.92 Å². The number of hydrogen-bond acceptors (Lipinski definition) is 4. The minimum absolute atomic E-state index is 0.156. The van der Waals surface area contributed by atoms with Gasteiger partial charge in [0.05, 0.1) is 18.9 Å². The van der Waals surface area contributed by atoms with Gasteiger partial charge in [-0.3, -0.25) is 9.69 Å². The molecular weight excluding hydrogens is 387 g/mol. The summed E-state index contributed by atoms with van der Waals surface area (Å²) < 4.78 is 45.3. The summed E-state index contributed by atoms with van der Waals surface area (Å²) in [6.07, 6.45) is 0. The summed E-state index contributed by atoms with van der Waals surface area (Å²) in [6, 6.07) is 1.71. The molecule has 3 N–H and O–H groups in total. The number of benzene rings is 1.